The average Bonchev–Trinajstić information content (AvgIpc) is 2.77. The molecule has 0 saturated carbocycles. The van der Waals surface area contributed by atoms with Crippen LogP contribution in [0.1, 0.15) is 29.2 Å². The molecule has 0 bridgehead atoms. The highest BCUT2D eigenvalue weighted by Gasteiger charge is 2.29. The zero-order valence-corrected chi connectivity index (χ0v) is 15.5. The zero-order valence-electron chi connectivity index (χ0n) is 15.5. The number of carbonyl (C=O) groups is 2. The van der Waals surface area contributed by atoms with Gasteiger partial charge < -0.3 is 10.2 Å². The molecule has 4 nitrogen and oxygen atoms in total. The number of hydrogen-bond acceptors (Lipinski definition) is 2. The maximum absolute atomic E-state index is 13.0. The third kappa shape index (κ3) is 3.67. The van der Waals surface area contributed by atoms with Crippen LogP contribution in [0.2, 0.25) is 0 Å². The predicted molar refractivity (Wildman–Crippen MR) is 110 cm³/mol. The number of nitrogens with one attached hydrogen (secondary N) is 1. The third-order valence-corrected chi connectivity index (χ3v) is 5.09. The van der Waals surface area contributed by atoms with Crippen LogP contribution in [-0.2, 0) is 16.0 Å². The molecule has 3 aromatic rings. The topological polar surface area (TPSA) is 49.4 Å². The molecule has 0 unspecified atom stereocenters. The van der Waals surface area contributed by atoms with Gasteiger partial charge in [-0.2, -0.15) is 0 Å². The van der Waals surface area contributed by atoms with Crippen molar-refractivity contribution in [1.82, 2.24) is 5.32 Å². The van der Waals surface area contributed by atoms with Crippen LogP contribution < -0.4 is 10.2 Å². The quantitative estimate of drug-likeness (QED) is 0.712. The smallest absolute Gasteiger partial charge is 0.316 e. The molecule has 1 heterocycles. The van der Waals surface area contributed by atoms with Crippen LogP contribution in [0.15, 0.2) is 84.9 Å². The molecule has 0 fully saturated rings. The Kier molecular flexibility index (Phi) is 5.20. The van der Waals surface area contributed by atoms with Crippen LogP contribution in [-0.4, -0.2) is 18.4 Å². The van der Waals surface area contributed by atoms with E-state index in [1.54, 1.807) is 4.90 Å². The summed E-state index contributed by atoms with van der Waals surface area (Å²) in [6.07, 6.45) is 1.79. The van der Waals surface area contributed by atoms with Crippen LogP contribution in [0.4, 0.5) is 5.69 Å². The minimum Gasteiger partial charge on any atom is -0.337 e. The Hall–Kier alpha value is -3.40. The van der Waals surface area contributed by atoms with Crippen molar-refractivity contribution >= 4 is 17.5 Å². The van der Waals surface area contributed by atoms with E-state index >= 15 is 0 Å². The van der Waals surface area contributed by atoms with Crippen LogP contribution in [0.5, 0.6) is 0 Å². The molecule has 0 radical (unpaired) electrons. The Morgan fingerprint density at radius 3 is 2.00 bits per heavy atom. The van der Waals surface area contributed by atoms with Crippen molar-refractivity contribution in [3.63, 3.8) is 0 Å². The fourth-order valence-corrected chi connectivity index (χ4v) is 3.71. The number of aryl methyl sites for hydroxylation is 1. The van der Waals surface area contributed by atoms with E-state index in [1.165, 1.54) is 0 Å². The van der Waals surface area contributed by atoms with Gasteiger partial charge in [0.2, 0.25) is 0 Å². The Labute approximate surface area is 164 Å². The van der Waals surface area contributed by atoms with E-state index < -0.39 is 11.8 Å². The van der Waals surface area contributed by atoms with Crippen LogP contribution in [0.3, 0.4) is 0 Å². The molecule has 3 aromatic carbocycles. The number of benzene rings is 3. The highest BCUT2D eigenvalue weighted by molar-refractivity contribution is 6.40. The molecule has 2 amide bonds. The van der Waals surface area contributed by atoms with E-state index in [9.17, 15) is 9.59 Å². The summed E-state index contributed by atoms with van der Waals surface area (Å²) in [6, 6.07) is 26.8. The molecule has 0 spiro atoms. The maximum Gasteiger partial charge on any atom is 0.316 e. The number of para-hydroxylation sites is 1. The summed E-state index contributed by atoms with van der Waals surface area (Å²) in [7, 11) is 0. The first-order valence-corrected chi connectivity index (χ1v) is 9.54. The lowest BCUT2D eigenvalue weighted by molar-refractivity contribution is -0.138. The first kappa shape index (κ1) is 18.0. The van der Waals surface area contributed by atoms with Crippen molar-refractivity contribution in [2.45, 2.75) is 18.9 Å². The first-order chi connectivity index (χ1) is 13.7. The summed E-state index contributed by atoms with van der Waals surface area (Å²) in [6.45, 7) is 0.560. The highest BCUT2D eigenvalue weighted by Crippen LogP contribution is 2.27. The lowest BCUT2D eigenvalue weighted by Gasteiger charge is -2.29. The number of rotatable bonds is 3. The van der Waals surface area contributed by atoms with Gasteiger partial charge in [0.05, 0.1) is 6.04 Å². The van der Waals surface area contributed by atoms with Gasteiger partial charge in [-0.3, -0.25) is 9.59 Å². The number of fused-ring (bicyclic) bond motifs is 1. The molecule has 0 aliphatic carbocycles. The molecule has 4 heteroatoms. The second-order valence-electron chi connectivity index (χ2n) is 6.92. The molecule has 0 aromatic heterocycles. The molecule has 140 valence electrons. The van der Waals surface area contributed by atoms with Crippen molar-refractivity contribution in [2.75, 3.05) is 11.4 Å². The summed E-state index contributed by atoms with van der Waals surface area (Å²) in [4.78, 5) is 27.5. The van der Waals surface area contributed by atoms with Gasteiger partial charge in [-0.05, 0) is 35.6 Å². The van der Waals surface area contributed by atoms with Gasteiger partial charge in [-0.1, -0.05) is 78.9 Å². The third-order valence-electron chi connectivity index (χ3n) is 5.09. The Morgan fingerprint density at radius 1 is 0.786 bits per heavy atom. The summed E-state index contributed by atoms with van der Waals surface area (Å²) >= 11 is 0. The molecule has 0 saturated heterocycles. The molecule has 0 atom stereocenters. The summed E-state index contributed by atoms with van der Waals surface area (Å²) in [5, 5.41) is 2.95. The van der Waals surface area contributed by atoms with E-state index in [-0.39, 0.29) is 6.04 Å². The summed E-state index contributed by atoms with van der Waals surface area (Å²) in [5.74, 6) is -1.10. The first-order valence-electron chi connectivity index (χ1n) is 9.54. The summed E-state index contributed by atoms with van der Waals surface area (Å²) in [5.41, 5.74) is 3.82. The maximum atomic E-state index is 13.0. The number of anilines is 1. The fraction of sp³-hybridized carbons (Fsp3) is 0.167. The number of nitrogens with zero attached hydrogens (tertiary/aromatic N) is 1. The van der Waals surface area contributed by atoms with Gasteiger partial charge in [-0.15, -0.1) is 0 Å². The van der Waals surface area contributed by atoms with Crippen molar-refractivity contribution in [2.24, 2.45) is 0 Å². The van der Waals surface area contributed by atoms with E-state index in [0.717, 1.165) is 35.2 Å². The lowest BCUT2D eigenvalue weighted by Crippen LogP contribution is -2.46. The predicted octanol–water partition coefficient (Wildman–Crippen LogP) is 3.87. The number of hydrogen-bond donors (Lipinski definition) is 1. The molecule has 28 heavy (non-hydrogen) atoms. The van der Waals surface area contributed by atoms with E-state index in [0.29, 0.717) is 6.54 Å². The van der Waals surface area contributed by atoms with Gasteiger partial charge in [0.25, 0.3) is 0 Å². The van der Waals surface area contributed by atoms with Crippen molar-refractivity contribution < 1.29 is 9.59 Å². The standard InChI is InChI=1S/C24H22N2O2/c27-23(24(28)26-17-9-15-18-10-7-8-16-21(18)26)25-22(19-11-3-1-4-12-19)20-13-5-2-6-14-20/h1-8,10-14,16,22H,9,15,17H2,(H,25,27). The molecule has 1 aliphatic heterocycles. The number of amides is 2. The molecule has 4 rings (SSSR count). The summed E-state index contributed by atoms with van der Waals surface area (Å²) < 4.78 is 0. The van der Waals surface area contributed by atoms with Crippen molar-refractivity contribution in [1.29, 1.82) is 0 Å². The highest BCUT2D eigenvalue weighted by atomic mass is 16.2. The second-order valence-corrected chi connectivity index (χ2v) is 6.92. The Balaban J connectivity index is 1.59. The normalized spacial score (nSPS) is 13.1. The van der Waals surface area contributed by atoms with Gasteiger partial charge in [0.1, 0.15) is 0 Å². The van der Waals surface area contributed by atoms with Crippen molar-refractivity contribution in [3.8, 4) is 0 Å². The van der Waals surface area contributed by atoms with Gasteiger partial charge in [0.15, 0.2) is 0 Å². The number of carbonyl (C=O) groups excluding carboxylic acids is 2. The fourth-order valence-electron chi connectivity index (χ4n) is 3.71. The zero-order chi connectivity index (χ0) is 19.3. The van der Waals surface area contributed by atoms with Crippen LogP contribution in [0.25, 0.3) is 0 Å². The van der Waals surface area contributed by atoms with Gasteiger partial charge in [0, 0.05) is 12.2 Å². The van der Waals surface area contributed by atoms with E-state index in [2.05, 4.69) is 5.32 Å². The molecule has 1 aliphatic rings. The minimum absolute atomic E-state index is 0.376. The largest absolute Gasteiger partial charge is 0.337 e. The van der Waals surface area contributed by atoms with Gasteiger partial charge >= 0.3 is 11.8 Å². The second kappa shape index (κ2) is 8.09. The van der Waals surface area contributed by atoms with Crippen LogP contribution >= 0.6 is 0 Å². The Morgan fingerprint density at radius 2 is 1.36 bits per heavy atom. The van der Waals surface area contributed by atoms with Gasteiger partial charge in [-0.25, -0.2) is 0 Å². The SMILES string of the molecule is O=C(NC(c1ccccc1)c1ccccc1)C(=O)N1CCCc2ccccc21. The monoisotopic (exact) mass is 370 g/mol. The van der Waals surface area contributed by atoms with E-state index in [4.69, 9.17) is 0 Å². The molecular formula is C24H22N2O2. The Bertz CT molecular complexity index is 931. The minimum atomic E-state index is -0.589. The van der Waals surface area contributed by atoms with Crippen molar-refractivity contribution in [3.05, 3.63) is 102 Å². The lowest BCUT2D eigenvalue weighted by atomic mass is 9.98. The average molecular weight is 370 g/mol. The van der Waals surface area contributed by atoms with E-state index in [1.807, 2.05) is 84.9 Å². The molecule has 1 N–H and O–H groups in total. The van der Waals surface area contributed by atoms with Crippen LogP contribution in [0, 0.1) is 0 Å². The molecular weight excluding hydrogens is 348 g/mol.